The average molecular weight is 440 g/mol. The van der Waals surface area contributed by atoms with Crippen molar-refractivity contribution in [3.05, 3.63) is 65.2 Å². The molecule has 0 unspecified atom stereocenters. The molecule has 164 valence electrons. The van der Waals surface area contributed by atoms with Crippen LogP contribution in [-0.2, 0) is 10.4 Å². The molecule has 1 spiro atoms. The summed E-state index contributed by atoms with van der Waals surface area (Å²) in [6, 6.07) is 17.9. The van der Waals surface area contributed by atoms with E-state index < -0.39 is 11.1 Å². The maximum atomic E-state index is 13.0. The van der Waals surface area contributed by atoms with Crippen LogP contribution in [0.25, 0.3) is 0 Å². The van der Waals surface area contributed by atoms with E-state index in [9.17, 15) is 9.90 Å². The third kappa shape index (κ3) is 3.53. The van der Waals surface area contributed by atoms with Gasteiger partial charge in [0.2, 0.25) is 5.91 Å². The van der Waals surface area contributed by atoms with Crippen LogP contribution in [0.4, 0.5) is 5.69 Å². The van der Waals surface area contributed by atoms with E-state index in [1.165, 1.54) is 0 Å². The molecular weight excluding hydrogens is 410 g/mol. The Labute approximate surface area is 189 Å². The van der Waals surface area contributed by atoms with Crippen LogP contribution in [0.1, 0.15) is 44.1 Å². The summed E-state index contributed by atoms with van der Waals surface area (Å²) < 4.78 is 0. The number of likely N-dealkylation sites (tertiary alicyclic amines) is 1. The first-order chi connectivity index (χ1) is 15.0. The number of benzene rings is 2. The zero-order chi connectivity index (χ0) is 21.5. The molecule has 0 radical (unpaired) electrons. The Bertz CT molecular complexity index is 928. The molecule has 2 aliphatic heterocycles. The summed E-state index contributed by atoms with van der Waals surface area (Å²) in [6.07, 6.45) is 5.41. The van der Waals surface area contributed by atoms with Gasteiger partial charge < -0.3 is 15.3 Å². The molecule has 2 aromatic carbocycles. The Morgan fingerprint density at radius 3 is 2.39 bits per heavy atom. The van der Waals surface area contributed by atoms with Gasteiger partial charge in [-0.15, -0.1) is 0 Å². The number of amides is 1. The van der Waals surface area contributed by atoms with E-state index in [1.54, 1.807) is 0 Å². The summed E-state index contributed by atoms with van der Waals surface area (Å²) in [4.78, 5) is 17.6. The Hall–Kier alpha value is -2.08. The second-order valence-electron chi connectivity index (χ2n) is 9.19. The maximum absolute atomic E-state index is 13.0. The molecule has 0 aromatic heterocycles. The number of aliphatic hydroxyl groups is 1. The molecule has 31 heavy (non-hydrogen) atoms. The Morgan fingerprint density at radius 1 is 0.968 bits per heavy atom. The lowest BCUT2D eigenvalue weighted by atomic mass is 9.73. The van der Waals surface area contributed by atoms with Crippen LogP contribution >= 0.6 is 11.6 Å². The minimum absolute atomic E-state index is 0.0643. The number of para-hydroxylation sites is 1. The number of carbonyl (C=O) groups excluding carboxylic acids is 1. The third-order valence-corrected chi connectivity index (χ3v) is 7.90. The number of halogens is 1. The van der Waals surface area contributed by atoms with Crippen molar-refractivity contribution in [2.45, 2.75) is 55.7 Å². The normalized spacial score (nSPS) is 28.6. The van der Waals surface area contributed by atoms with E-state index in [1.807, 2.05) is 42.5 Å². The molecule has 1 aliphatic carbocycles. The van der Waals surface area contributed by atoms with Gasteiger partial charge in [-0.05, 0) is 55.5 Å². The fourth-order valence-electron chi connectivity index (χ4n) is 5.94. The number of rotatable bonds is 3. The van der Waals surface area contributed by atoms with Gasteiger partial charge in [0, 0.05) is 29.8 Å². The number of nitrogens with zero attached hydrogens (tertiary/aromatic N) is 2. The first-order valence-corrected chi connectivity index (χ1v) is 11.7. The number of hydrogen-bond acceptors (Lipinski definition) is 4. The first-order valence-electron chi connectivity index (χ1n) is 11.4. The number of carbonyl (C=O) groups is 1. The van der Waals surface area contributed by atoms with Gasteiger partial charge >= 0.3 is 0 Å². The first kappa shape index (κ1) is 20.8. The molecular formula is C25H30ClN3O2. The van der Waals surface area contributed by atoms with Crippen LogP contribution in [0.15, 0.2) is 54.6 Å². The molecule has 2 saturated heterocycles. The highest BCUT2D eigenvalue weighted by molar-refractivity contribution is 6.30. The molecule has 2 heterocycles. The molecule has 3 fully saturated rings. The van der Waals surface area contributed by atoms with E-state index >= 15 is 0 Å². The van der Waals surface area contributed by atoms with Gasteiger partial charge in [0.05, 0.1) is 6.67 Å². The second-order valence-corrected chi connectivity index (χ2v) is 9.62. The van der Waals surface area contributed by atoms with Crippen LogP contribution in [-0.4, -0.2) is 47.3 Å². The van der Waals surface area contributed by atoms with Crippen LogP contribution in [0, 0.1) is 0 Å². The molecule has 3 aliphatic rings. The van der Waals surface area contributed by atoms with Gasteiger partial charge in [-0.3, -0.25) is 9.69 Å². The van der Waals surface area contributed by atoms with Gasteiger partial charge in [-0.2, -0.15) is 0 Å². The summed E-state index contributed by atoms with van der Waals surface area (Å²) in [5, 5.41) is 15.6. The maximum Gasteiger partial charge on any atom is 0.247 e. The lowest BCUT2D eigenvalue weighted by Crippen LogP contribution is -2.61. The van der Waals surface area contributed by atoms with Crippen molar-refractivity contribution >= 4 is 23.2 Å². The van der Waals surface area contributed by atoms with E-state index in [4.69, 9.17) is 11.6 Å². The van der Waals surface area contributed by atoms with Crippen molar-refractivity contribution in [3.8, 4) is 0 Å². The third-order valence-electron chi connectivity index (χ3n) is 7.65. The van der Waals surface area contributed by atoms with Gasteiger partial charge in [-0.1, -0.05) is 54.8 Å². The minimum atomic E-state index is -0.871. The van der Waals surface area contributed by atoms with E-state index in [0.717, 1.165) is 62.9 Å². The number of anilines is 1. The highest BCUT2D eigenvalue weighted by Crippen LogP contribution is 2.43. The van der Waals surface area contributed by atoms with Crippen molar-refractivity contribution in [3.63, 3.8) is 0 Å². The summed E-state index contributed by atoms with van der Waals surface area (Å²) in [5.41, 5.74) is 0.672. The topological polar surface area (TPSA) is 55.8 Å². The van der Waals surface area contributed by atoms with Crippen molar-refractivity contribution < 1.29 is 9.90 Å². The molecule has 6 heteroatoms. The molecule has 2 atom stereocenters. The lowest BCUT2D eigenvalue weighted by molar-refractivity contribution is -0.127. The summed E-state index contributed by atoms with van der Waals surface area (Å²) in [6.45, 7) is 2.16. The smallest absolute Gasteiger partial charge is 0.247 e. The van der Waals surface area contributed by atoms with E-state index in [2.05, 4.69) is 27.2 Å². The van der Waals surface area contributed by atoms with Gasteiger partial charge in [-0.25, -0.2) is 0 Å². The van der Waals surface area contributed by atoms with E-state index in [-0.39, 0.29) is 11.9 Å². The van der Waals surface area contributed by atoms with Crippen LogP contribution in [0.5, 0.6) is 0 Å². The monoisotopic (exact) mass is 439 g/mol. The van der Waals surface area contributed by atoms with Crippen molar-refractivity contribution in [2.24, 2.45) is 0 Å². The quantitative estimate of drug-likeness (QED) is 0.761. The summed E-state index contributed by atoms with van der Waals surface area (Å²) in [5.74, 6) is 0.132. The molecule has 5 rings (SSSR count). The predicted octanol–water partition coefficient (Wildman–Crippen LogP) is 3.90. The van der Waals surface area contributed by atoms with Crippen LogP contribution in [0.3, 0.4) is 0 Å². The lowest BCUT2D eigenvalue weighted by Gasteiger charge is -2.51. The van der Waals surface area contributed by atoms with Crippen molar-refractivity contribution in [1.29, 1.82) is 0 Å². The second kappa shape index (κ2) is 8.12. The Kier molecular flexibility index (Phi) is 5.45. The molecule has 1 saturated carbocycles. The highest BCUT2D eigenvalue weighted by atomic mass is 35.5. The Morgan fingerprint density at radius 2 is 1.68 bits per heavy atom. The van der Waals surface area contributed by atoms with Crippen LogP contribution < -0.4 is 10.2 Å². The molecule has 0 bridgehead atoms. The number of hydrogen-bond donors (Lipinski definition) is 2. The predicted molar refractivity (Wildman–Crippen MR) is 123 cm³/mol. The van der Waals surface area contributed by atoms with Crippen molar-refractivity contribution in [1.82, 2.24) is 10.2 Å². The Balaban J connectivity index is 1.37. The van der Waals surface area contributed by atoms with Crippen LogP contribution in [0.2, 0.25) is 5.02 Å². The zero-order valence-corrected chi connectivity index (χ0v) is 18.5. The van der Waals surface area contributed by atoms with Crippen molar-refractivity contribution in [2.75, 3.05) is 24.7 Å². The molecule has 5 nitrogen and oxygen atoms in total. The fourth-order valence-corrected chi connectivity index (χ4v) is 6.06. The summed E-state index contributed by atoms with van der Waals surface area (Å²) >= 11 is 6.09. The van der Waals surface area contributed by atoms with Gasteiger partial charge in [0.25, 0.3) is 0 Å². The molecule has 2 aromatic rings. The molecule has 1 amide bonds. The zero-order valence-electron chi connectivity index (χ0n) is 17.8. The van der Waals surface area contributed by atoms with E-state index in [0.29, 0.717) is 11.7 Å². The standard InChI is InChI=1S/C25H30ClN3O2/c26-20-11-9-19(10-12-20)25(31)13-5-4-8-22(25)28-16-14-24(15-17-28)23(30)27-18-29(24)21-6-2-1-3-7-21/h1-3,6-7,9-12,22,31H,4-5,8,13-18H2,(H,27,30)/t22-,25+/m1/s1. The molecule has 2 N–H and O–H groups in total. The average Bonchev–Trinajstić information content (AvgIpc) is 3.11. The van der Waals surface area contributed by atoms with Gasteiger partial charge in [0.15, 0.2) is 0 Å². The number of nitrogens with one attached hydrogen (secondary N) is 1. The van der Waals surface area contributed by atoms with Gasteiger partial charge in [0.1, 0.15) is 11.1 Å². The highest BCUT2D eigenvalue weighted by Gasteiger charge is 2.53. The fraction of sp³-hybridized carbons (Fsp3) is 0.480. The minimum Gasteiger partial charge on any atom is -0.384 e. The summed E-state index contributed by atoms with van der Waals surface area (Å²) in [7, 11) is 0. The largest absolute Gasteiger partial charge is 0.384 e. The SMILES string of the molecule is O=C1NCN(c2ccccc2)C12CCN([C@@H]1CCCC[C@]1(O)c1ccc(Cl)cc1)CC2. The number of piperidine rings is 1.